The summed E-state index contributed by atoms with van der Waals surface area (Å²) in [5.74, 6) is 2.23. The zero-order valence-electron chi connectivity index (χ0n) is 18.7. The molecule has 0 spiro atoms. The van der Waals surface area contributed by atoms with E-state index in [9.17, 15) is 43.2 Å². The molecule has 1 aromatic heterocycles. The van der Waals surface area contributed by atoms with Crippen LogP contribution in [0.25, 0.3) is 4.13 Å². The highest BCUT2D eigenvalue weighted by Gasteiger charge is 2.46. The molecule has 196 valence electrons. The Balaban J connectivity index is 0.000000633. The molecule has 0 radical (unpaired) electrons. The molecule has 0 atom stereocenters. The van der Waals surface area contributed by atoms with E-state index < -0.39 is 31.1 Å². The highest BCUT2D eigenvalue weighted by atomic mass is 32.3. The third-order valence-corrected chi connectivity index (χ3v) is 7.19. The second-order valence-corrected chi connectivity index (χ2v) is 11.3. The number of alkyl halides is 6. The first kappa shape index (κ1) is 31.6. The maximum absolute atomic E-state index is 11.4. The van der Waals surface area contributed by atoms with Gasteiger partial charge in [0.25, 0.3) is 5.82 Å². The van der Waals surface area contributed by atoms with Gasteiger partial charge in [-0.2, -0.15) is 26.3 Å². The Morgan fingerprint density at radius 3 is 1.64 bits per heavy atom. The van der Waals surface area contributed by atoms with Crippen LogP contribution in [0.4, 0.5) is 26.3 Å². The van der Waals surface area contributed by atoms with Gasteiger partial charge in [-0.05, 0) is 12.3 Å². The molecule has 1 rings (SSSR count). The third-order valence-electron chi connectivity index (χ3n) is 4.45. The fourth-order valence-electron chi connectivity index (χ4n) is 2.63. The minimum Gasteiger partial charge on any atom is -0.421 e. The molecule has 0 aliphatic rings. The number of unbranched alkanes of at least 4 members (excludes halogenated alkanes) is 6. The van der Waals surface area contributed by atoms with Crippen LogP contribution in [0.3, 0.4) is 0 Å². The van der Waals surface area contributed by atoms with Crippen LogP contribution in [0, 0.1) is 5.92 Å². The maximum atomic E-state index is 11.4. The first-order valence-corrected chi connectivity index (χ1v) is 13.2. The molecule has 15 heteroatoms. The number of nitrogens with zero attached hydrogens (tertiary/aromatic N) is 2. The van der Waals surface area contributed by atoms with E-state index in [1.54, 1.807) is 0 Å². The summed E-state index contributed by atoms with van der Waals surface area (Å²) in [5, 5.41) is 0. The number of aromatic nitrogens is 2. The molecule has 0 amide bonds. The predicted molar refractivity (Wildman–Crippen MR) is 111 cm³/mol. The number of halogens is 6. The molecule has 7 nitrogen and oxygen atoms in total. The van der Waals surface area contributed by atoms with Gasteiger partial charge in [-0.3, -0.25) is 0 Å². The van der Waals surface area contributed by atoms with E-state index in [1.165, 1.54) is 63.6 Å². The molecule has 0 fully saturated rings. The molecule has 1 heterocycles. The Kier molecular flexibility index (Phi) is 13.0. The average molecular weight is 532 g/mol. The van der Waals surface area contributed by atoms with E-state index in [2.05, 4.69) is 36.6 Å². The topological polar surface area (TPSA) is 102 Å². The second-order valence-electron chi connectivity index (χ2n) is 7.84. The zero-order valence-corrected chi connectivity index (χ0v) is 20.3. The van der Waals surface area contributed by atoms with Crippen molar-refractivity contribution in [2.75, 3.05) is 0 Å². The van der Waals surface area contributed by atoms with Crippen LogP contribution in [0.1, 0.15) is 71.0 Å². The first-order chi connectivity index (χ1) is 14.9. The van der Waals surface area contributed by atoms with E-state index in [-0.39, 0.29) is 0 Å². The van der Waals surface area contributed by atoms with Crippen molar-refractivity contribution in [3.05, 3.63) is 22.3 Å². The minimum absolute atomic E-state index is 0.778. The number of sulfonamides is 2. The van der Waals surface area contributed by atoms with Crippen molar-refractivity contribution >= 4 is 20.0 Å². The summed E-state index contributed by atoms with van der Waals surface area (Å²) >= 11 is 0. The van der Waals surface area contributed by atoms with E-state index in [1.807, 2.05) is 6.20 Å². The summed E-state index contributed by atoms with van der Waals surface area (Å²) in [4.78, 5) is 3.30. The highest BCUT2D eigenvalue weighted by Crippen LogP contribution is 2.36. The van der Waals surface area contributed by atoms with Gasteiger partial charge in [-0.1, -0.05) is 58.8 Å². The van der Waals surface area contributed by atoms with Crippen molar-refractivity contribution in [2.24, 2.45) is 13.0 Å². The molecular weight excluding hydrogens is 500 g/mol. The largest absolute Gasteiger partial charge is 0.480 e. The lowest BCUT2D eigenvalue weighted by Gasteiger charge is -2.22. The number of rotatable bonds is 12. The van der Waals surface area contributed by atoms with E-state index >= 15 is 0 Å². The van der Waals surface area contributed by atoms with E-state index in [0.717, 1.165) is 10.0 Å². The Morgan fingerprint density at radius 1 is 0.848 bits per heavy atom. The average Bonchev–Trinajstić information content (AvgIpc) is 3.03. The molecule has 0 aliphatic carbocycles. The summed E-state index contributed by atoms with van der Waals surface area (Å²) in [6.07, 6.45) is 16.5. The van der Waals surface area contributed by atoms with Gasteiger partial charge in [-0.15, -0.1) is 0 Å². The molecule has 0 aliphatic heterocycles. The van der Waals surface area contributed by atoms with Gasteiger partial charge in [0, 0.05) is 6.42 Å². The maximum Gasteiger partial charge on any atom is 0.480 e. The van der Waals surface area contributed by atoms with E-state index in [4.69, 9.17) is 0 Å². The van der Waals surface area contributed by atoms with Gasteiger partial charge in [0.1, 0.15) is 12.4 Å². The molecular formula is C18H31F6N3O4S2. The first-order valence-electron chi connectivity index (χ1n) is 10.3. The standard InChI is InChI=1S/C16H30N2.C2F6NO4S2/c1-15(2)11-9-7-5-4-6-8-10-12-16-17-13-14-18(16)3;3-1(4,5)14(10,11)9-15(12,13)2(6,7)8/h13-15H,4-12H2,1-3H3;/q;-1/p+1. The predicted octanol–water partition coefficient (Wildman–Crippen LogP) is 5.22. The summed E-state index contributed by atoms with van der Waals surface area (Å²) in [6, 6.07) is 0. The van der Waals surface area contributed by atoms with E-state index in [0.29, 0.717) is 0 Å². The van der Waals surface area contributed by atoms with Crippen LogP contribution in [-0.4, -0.2) is 32.8 Å². The highest BCUT2D eigenvalue weighted by molar-refractivity contribution is 8.13. The number of hydrogen-bond acceptors (Lipinski definition) is 4. The van der Waals surface area contributed by atoms with Crippen molar-refractivity contribution in [1.82, 2.24) is 4.98 Å². The minimum atomic E-state index is -6.72. The van der Waals surface area contributed by atoms with Crippen molar-refractivity contribution < 1.29 is 47.7 Å². The zero-order chi connectivity index (χ0) is 25.9. The number of imidazole rings is 1. The van der Waals surface area contributed by atoms with Gasteiger partial charge in [0.05, 0.1) is 7.05 Å². The summed E-state index contributed by atoms with van der Waals surface area (Å²) in [5.41, 5.74) is -12.4. The van der Waals surface area contributed by atoms with Crippen LogP contribution in [0.15, 0.2) is 12.4 Å². The molecule has 33 heavy (non-hydrogen) atoms. The van der Waals surface area contributed by atoms with Crippen molar-refractivity contribution in [1.29, 1.82) is 0 Å². The molecule has 0 unspecified atom stereocenters. The number of aryl methyl sites for hydroxylation is 2. The summed E-state index contributed by atoms with van der Waals surface area (Å²) in [6.45, 7) is 4.64. The SMILES string of the molecule is CC(C)CCCCCCCCCc1[nH]cc[n+]1C.O=S(=O)([N-]S(=O)(=O)C(F)(F)F)C(F)(F)F. The third kappa shape index (κ3) is 12.6. The van der Waals surface area contributed by atoms with Gasteiger partial charge in [-0.25, -0.2) is 26.4 Å². The lowest BCUT2D eigenvalue weighted by molar-refractivity contribution is -0.677. The monoisotopic (exact) mass is 531 g/mol. The molecule has 1 aromatic rings. The lowest BCUT2D eigenvalue weighted by Crippen LogP contribution is -2.30. The van der Waals surface area contributed by atoms with Gasteiger partial charge in [0.2, 0.25) is 0 Å². The second kappa shape index (κ2) is 13.5. The number of nitrogens with one attached hydrogen (secondary N) is 1. The Bertz CT molecular complexity index is 853. The Hall–Kier alpha value is -1.35. The number of H-pyrrole nitrogens is 1. The molecule has 0 saturated carbocycles. The Morgan fingerprint density at radius 2 is 1.27 bits per heavy atom. The fraction of sp³-hybridized carbons (Fsp3) is 0.833. The van der Waals surface area contributed by atoms with Crippen molar-refractivity contribution in [2.45, 2.75) is 82.7 Å². The van der Waals surface area contributed by atoms with Gasteiger partial charge in [0.15, 0.2) is 20.0 Å². The van der Waals surface area contributed by atoms with Crippen LogP contribution in [-0.2, 0) is 33.5 Å². The van der Waals surface area contributed by atoms with Crippen LogP contribution < -0.4 is 4.57 Å². The molecule has 0 aromatic carbocycles. The van der Waals surface area contributed by atoms with Crippen LogP contribution >= 0.6 is 0 Å². The smallest absolute Gasteiger partial charge is 0.421 e. The Labute approximate surface area is 191 Å². The van der Waals surface area contributed by atoms with Gasteiger partial charge < -0.3 is 4.13 Å². The quantitative estimate of drug-likeness (QED) is 0.227. The summed E-state index contributed by atoms with van der Waals surface area (Å²) in [7, 11) is -11.3. The molecule has 1 N–H and O–H groups in total. The van der Waals surface area contributed by atoms with Crippen molar-refractivity contribution in [3.63, 3.8) is 0 Å². The van der Waals surface area contributed by atoms with Gasteiger partial charge >= 0.3 is 11.0 Å². The molecule has 0 bridgehead atoms. The van der Waals surface area contributed by atoms with Crippen LogP contribution in [0.2, 0.25) is 0 Å². The normalized spacial score (nSPS) is 13.2. The number of hydrogen-bond donors (Lipinski definition) is 1. The van der Waals surface area contributed by atoms with Crippen LogP contribution in [0.5, 0.6) is 0 Å². The lowest BCUT2D eigenvalue weighted by atomic mass is 10.0. The fourth-order valence-corrected chi connectivity index (χ4v) is 4.34. The summed E-state index contributed by atoms with van der Waals surface area (Å²) < 4.78 is 111. The molecule has 0 saturated heterocycles. The number of aromatic amines is 1. The van der Waals surface area contributed by atoms with Crippen molar-refractivity contribution in [3.8, 4) is 0 Å².